The van der Waals surface area contributed by atoms with Gasteiger partial charge >= 0.3 is 5.97 Å². The Morgan fingerprint density at radius 1 is 1.33 bits per heavy atom. The van der Waals surface area contributed by atoms with Gasteiger partial charge < -0.3 is 10.4 Å². The molecule has 1 aliphatic rings. The second-order valence-electron chi connectivity index (χ2n) is 6.98. The van der Waals surface area contributed by atoms with Crippen molar-refractivity contribution < 1.29 is 14.7 Å². The number of hydrogen-bond acceptors (Lipinski definition) is 4. The zero-order valence-electron chi connectivity index (χ0n) is 15.9. The van der Waals surface area contributed by atoms with Crippen molar-refractivity contribution in [1.82, 2.24) is 15.1 Å². The van der Waals surface area contributed by atoms with Crippen LogP contribution in [0.3, 0.4) is 0 Å². The molecule has 6 nitrogen and oxygen atoms in total. The van der Waals surface area contributed by atoms with Gasteiger partial charge in [0.25, 0.3) is 0 Å². The smallest absolute Gasteiger partial charge is 0.317 e. The minimum absolute atomic E-state index is 0. The largest absolute Gasteiger partial charge is 0.480 e. The van der Waals surface area contributed by atoms with E-state index in [-0.39, 0.29) is 36.9 Å². The SMILES string of the molecule is CC(NC(=O)CN1CCCC(N(C)CC(=O)O)CC1)c1ccccc1Cl.Cl. The summed E-state index contributed by atoms with van der Waals surface area (Å²) < 4.78 is 0. The molecular weight excluding hydrogens is 389 g/mol. The van der Waals surface area contributed by atoms with Crippen LogP contribution < -0.4 is 5.32 Å². The van der Waals surface area contributed by atoms with Gasteiger partial charge in [-0.15, -0.1) is 12.4 Å². The number of nitrogens with zero attached hydrogens (tertiary/aromatic N) is 2. The summed E-state index contributed by atoms with van der Waals surface area (Å²) in [6.07, 6.45) is 2.79. The number of hydrogen-bond donors (Lipinski definition) is 2. The van der Waals surface area contributed by atoms with Crippen LogP contribution in [0, 0.1) is 0 Å². The molecule has 0 aliphatic carbocycles. The zero-order valence-corrected chi connectivity index (χ0v) is 17.4. The van der Waals surface area contributed by atoms with Crippen molar-refractivity contribution in [3.05, 3.63) is 34.9 Å². The van der Waals surface area contributed by atoms with E-state index in [9.17, 15) is 9.59 Å². The summed E-state index contributed by atoms with van der Waals surface area (Å²) >= 11 is 6.19. The molecule has 1 fully saturated rings. The van der Waals surface area contributed by atoms with E-state index in [1.807, 2.05) is 43.1 Å². The molecule has 2 rings (SSSR count). The molecule has 0 bridgehead atoms. The highest BCUT2D eigenvalue weighted by Gasteiger charge is 2.23. The topological polar surface area (TPSA) is 72.9 Å². The molecule has 8 heteroatoms. The number of rotatable bonds is 7. The molecule has 2 N–H and O–H groups in total. The number of amides is 1. The number of carbonyl (C=O) groups is 2. The average molecular weight is 418 g/mol. The lowest BCUT2D eigenvalue weighted by molar-refractivity contribution is -0.138. The van der Waals surface area contributed by atoms with E-state index in [1.54, 1.807) is 0 Å². The van der Waals surface area contributed by atoms with E-state index >= 15 is 0 Å². The predicted octanol–water partition coefficient (Wildman–Crippen LogP) is 2.81. The van der Waals surface area contributed by atoms with Crippen LogP contribution in [0.4, 0.5) is 0 Å². The van der Waals surface area contributed by atoms with Crippen molar-refractivity contribution >= 4 is 35.9 Å². The Morgan fingerprint density at radius 2 is 2.04 bits per heavy atom. The highest BCUT2D eigenvalue weighted by Crippen LogP contribution is 2.22. The van der Waals surface area contributed by atoms with Gasteiger partial charge in [-0.3, -0.25) is 19.4 Å². The first-order valence-corrected chi connectivity index (χ1v) is 9.42. The van der Waals surface area contributed by atoms with E-state index in [0.717, 1.165) is 37.9 Å². The second kappa shape index (κ2) is 11.5. The molecule has 1 aromatic rings. The van der Waals surface area contributed by atoms with E-state index < -0.39 is 5.97 Å². The summed E-state index contributed by atoms with van der Waals surface area (Å²) in [6.45, 7) is 3.98. The minimum Gasteiger partial charge on any atom is -0.480 e. The molecule has 1 saturated heterocycles. The summed E-state index contributed by atoms with van der Waals surface area (Å²) in [5.41, 5.74) is 0.911. The normalized spacial score (nSPS) is 19.0. The molecule has 1 heterocycles. The molecule has 0 radical (unpaired) electrons. The first-order valence-electron chi connectivity index (χ1n) is 9.05. The Bertz CT molecular complexity index is 630. The summed E-state index contributed by atoms with van der Waals surface area (Å²) in [5.74, 6) is -0.823. The lowest BCUT2D eigenvalue weighted by atomic mass is 10.1. The highest BCUT2D eigenvalue weighted by atomic mass is 35.5. The van der Waals surface area contributed by atoms with Gasteiger partial charge in [-0.2, -0.15) is 0 Å². The van der Waals surface area contributed by atoms with E-state index in [1.165, 1.54) is 0 Å². The Kier molecular flexibility index (Phi) is 10.1. The quantitative estimate of drug-likeness (QED) is 0.713. The van der Waals surface area contributed by atoms with Crippen LogP contribution in [-0.2, 0) is 9.59 Å². The van der Waals surface area contributed by atoms with Gasteiger partial charge in [-0.25, -0.2) is 0 Å². The van der Waals surface area contributed by atoms with Crippen LogP contribution in [0.5, 0.6) is 0 Å². The Balaban J connectivity index is 0.00000364. The maximum Gasteiger partial charge on any atom is 0.317 e. The number of carboxylic acid groups (broad SMARTS) is 1. The minimum atomic E-state index is -0.804. The molecular formula is C19H29Cl2N3O3. The first kappa shape index (κ1) is 23.7. The average Bonchev–Trinajstić information content (AvgIpc) is 2.80. The molecule has 0 spiro atoms. The van der Waals surface area contributed by atoms with E-state index in [4.69, 9.17) is 16.7 Å². The van der Waals surface area contributed by atoms with Crippen LogP contribution >= 0.6 is 24.0 Å². The fraction of sp³-hybridized carbons (Fsp3) is 0.579. The van der Waals surface area contributed by atoms with Gasteiger partial charge in [-0.05, 0) is 51.4 Å². The van der Waals surface area contributed by atoms with Crippen LogP contribution in [-0.4, -0.2) is 66.1 Å². The van der Waals surface area contributed by atoms with Gasteiger partial charge in [0.05, 0.1) is 19.1 Å². The summed E-state index contributed by atoms with van der Waals surface area (Å²) in [6, 6.07) is 7.63. The van der Waals surface area contributed by atoms with Crippen LogP contribution in [0.1, 0.15) is 37.8 Å². The van der Waals surface area contributed by atoms with Gasteiger partial charge in [0.1, 0.15) is 0 Å². The van der Waals surface area contributed by atoms with Crippen LogP contribution in [0.25, 0.3) is 0 Å². The molecule has 152 valence electrons. The monoisotopic (exact) mass is 417 g/mol. The van der Waals surface area contributed by atoms with Crippen molar-refractivity contribution in [1.29, 1.82) is 0 Å². The molecule has 1 amide bonds. The lowest BCUT2D eigenvalue weighted by Crippen LogP contribution is -2.40. The second-order valence-corrected chi connectivity index (χ2v) is 7.39. The standard InChI is InChI=1S/C19H28ClN3O3.ClH/c1-14(16-7-3-4-8-17(16)20)21-18(24)12-23-10-5-6-15(9-11-23)22(2)13-19(25)26;/h3-4,7-8,14-15H,5-6,9-13H2,1-2H3,(H,21,24)(H,25,26);1H. The van der Waals surface area contributed by atoms with Gasteiger partial charge in [0, 0.05) is 17.6 Å². The zero-order chi connectivity index (χ0) is 19.1. The molecule has 0 saturated carbocycles. The van der Waals surface area contributed by atoms with Gasteiger partial charge in [-0.1, -0.05) is 29.8 Å². The number of aliphatic carboxylic acids is 1. The van der Waals surface area contributed by atoms with Crippen molar-refractivity contribution in [2.75, 3.05) is 33.2 Å². The summed E-state index contributed by atoms with van der Waals surface area (Å²) in [5, 5.41) is 12.6. The Hall–Kier alpha value is -1.34. The number of likely N-dealkylation sites (N-methyl/N-ethyl adjacent to an activating group) is 1. The number of carboxylic acids is 1. The molecule has 0 aromatic heterocycles. The van der Waals surface area contributed by atoms with E-state index in [2.05, 4.69) is 10.2 Å². The summed E-state index contributed by atoms with van der Waals surface area (Å²) in [7, 11) is 1.85. The third-order valence-electron chi connectivity index (χ3n) is 4.91. The third-order valence-corrected chi connectivity index (χ3v) is 5.26. The van der Waals surface area contributed by atoms with Crippen molar-refractivity contribution in [2.24, 2.45) is 0 Å². The maximum atomic E-state index is 12.4. The maximum absolute atomic E-state index is 12.4. The number of carbonyl (C=O) groups excluding carboxylic acids is 1. The molecule has 27 heavy (non-hydrogen) atoms. The predicted molar refractivity (Wildman–Crippen MR) is 110 cm³/mol. The van der Waals surface area contributed by atoms with Crippen molar-refractivity contribution in [2.45, 2.75) is 38.3 Å². The number of nitrogens with one attached hydrogen (secondary N) is 1. The van der Waals surface area contributed by atoms with Crippen LogP contribution in [0.2, 0.25) is 5.02 Å². The van der Waals surface area contributed by atoms with Gasteiger partial charge in [0.2, 0.25) is 5.91 Å². The summed E-state index contributed by atoms with van der Waals surface area (Å²) in [4.78, 5) is 27.3. The molecule has 1 aromatic carbocycles. The third kappa shape index (κ3) is 7.66. The molecule has 2 atom stereocenters. The number of benzene rings is 1. The fourth-order valence-corrected chi connectivity index (χ4v) is 3.77. The first-order chi connectivity index (χ1) is 12.4. The number of halogens is 2. The Labute approximate surface area is 172 Å². The van der Waals surface area contributed by atoms with Crippen molar-refractivity contribution in [3.8, 4) is 0 Å². The van der Waals surface area contributed by atoms with Crippen LogP contribution in [0.15, 0.2) is 24.3 Å². The highest BCUT2D eigenvalue weighted by molar-refractivity contribution is 6.31. The van der Waals surface area contributed by atoms with Crippen molar-refractivity contribution in [3.63, 3.8) is 0 Å². The lowest BCUT2D eigenvalue weighted by Gasteiger charge is -2.25. The number of likely N-dealkylation sites (tertiary alicyclic amines) is 1. The molecule has 1 aliphatic heterocycles. The Morgan fingerprint density at radius 3 is 2.70 bits per heavy atom. The molecule has 2 unspecified atom stereocenters. The fourth-order valence-electron chi connectivity index (χ4n) is 3.47. The van der Waals surface area contributed by atoms with E-state index in [0.29, 0.717) is 11.6 Å². The van der Waals surface area contributed by atoms with Gasteiger partial charge in [0.15, 0.2) is 0 Å².